The summed E-state index contributed by atoms with van der Waals surface area (Å²) in [5, 5.41) is 11.7. The second-order valence-electron chi connectivity index (χ2n) is 4.37. The Kier molecular flexibility index (Phi) is 2.55. The summed E-state index contributed by atoms with van der Waals surface area (Å²) < 4.78 is 1.96. The molecule has 0 saturated carbocycles. The van der Waals surface area contributed by atoms with Gasteiger partial charge in [0.1, 0.15) is 0 Å². The maximum absolute atomic E-state index is 4.09. The smallest absolute Gasteiger partial charge is 0.0809 e. The normalized spacial score (nSPS) is 18.5. The number of rotatable bonds is 2. The molecule has 0 saturated heterocycles. The van der Waals surface area contributed by atoms with E-state index in [1.54, 1.807) is 0 Å². The summed E-state index contributed by atoms with van der Waals surface area (Å²) in [6.07, 6.45) is 4.09. The van der Waals surface area contributed by atoms with Gasteiger partial charge >= 0.3 is 0 Å². The number of fused-ring (bicyclic) bond motifs is 1. The van der Waals surface area contributed by atoms with Gasteiger partial charge in [-0.05, 0) is 31.4 Å². The van der Waals surface area contributed by atoms with Crippen LogP contribution in [0.5, 0.6) is 0 Å². The van der Waals surface area contributed by atoms with Crippen LogP contribution in [0.15, 0.2) is 30.5 Å². The van der Waals surface area contributed by atoms with Gasteiger partial charge in [0, 0.05) is 12.2 Å². The predicted molar refractivity (Wildman–Crippen MR) is 66.8 cm³/mol. The molecule has 1 aliphatic heterocycles. The topological polar surface area (TPSA) is 42.7 Å². The zero-order chi connectivity index (χ0) is 11.7. The van der Waals surface area contributed by atoms with Gasteiger partial charge in [-0.3, -0.25) is 0 Å². The lowest BCUT2D eigenvalue weighted by Gasteiger charge is -2.26. The van der Waals surface area contributed by atoms with Crippen LogP contribution in [0, 0.1) is 0 Å². The second-order valence-corrected chi connectivity index (χ2v) is 4.37. The zero-order valence-electron chi connectivity index (χ0n) is 9.93. The lowest BCUT2D eigenvalue weighted by Crippen LogP contribution is -2.21. The fourth-order valence-electron chi connectivity index (χ4n) is 2.44. The van der Waals surface area contributed by atoms with Gasteiger partial charge in [0.25, 0.3) is 0 Å². The predicted octanol–water partition coefficient (Wildman–Crippen LogP) is 2.40. The largest absolute Gasteiger partial charge is 0.376 e. The number of nitrogens with zero attached hydrogens (tertiary/aromatic N) is 3. The Bertz CT molecular complexity index is 518. The summed E-state index contributed by atoms with van der Waals surface area (Å²) in [5.74, 6) is 0. The van der Waals surface area contributed by atoms with Crippen molar-refractivity contribution in [3.63, 3.8) is 0 Å². The van der Waals surface area contributed by atoms with Gasteiger partial charge in [0.05, 0.1) is 17.9 Å². The first kappa shape index (κ1) is 10.3. The third kappa shape index (κ3) is 1.79. The fourth-order valence-corrected chi connectivity index (χ4v) is 2.44. The third-order valence-corrected chi connectivity index (χ3v) is 3.35. The van der Waals surface area contributed by atoms with Crippen LogP contribution in [0.3, 0.4) is 0 Å². The van der Waals surface area contributed by atoms with Crippen molar-refractivity contribution >= 4 is 5.69 Å². The molecule has 1 aromatic heterocycles. The summed E-state index contributed by atoms with van der Waals surface area (Å²) in [4.78, 5) is 0. The Hall–Kier alpha value is -1.84. The minimum Gasteiger partial charge on any atom is -0.376 e. The van der Waals surface area contributed by atoms with Crippen LogP contribution in [-0.4, -0.2) is 15.0 Å². The summed E-state index contributed by atoms with van der Waals surface area (Å²) in [6.45, 7) is 2.96. The van der Waals surface area contributed by atoms with Crippen molar-refractivity contribution in [3.05, 3.63) is 41.7 Å². The number of para-hydroxylation sites is 1. The lowest BCUT2D eigenvalue weighted by atomic mass is 9.96. The third-order valence-electron chi connectivity index (χ3n) is 3.35. The molecule has 1 atom stereocenters. The Morgan fingerprint density at radius 3 is 3.18 bits per heavy atom. The van der Waals surface area contributed by atoms with Crippen molar-refractivity contribution in [1.82, 2.24) is 15.0 Å². The monoisotopic (exact) mass is 228 g/mol. The molecule has 0 radical (unpaired) electrons. The highest BCUT2D eigenvalue weighted by Gasteiger charge is 2.21. The van der Waals surface area contributed by atoms with Crippen LogP contribution in [-0.2, 0) is 13.0 Å². The van der Waals surface area contributed by atoms with E-state index in [2.05, 4.69) is 46.8 Å². The van der Waals surface area contributed by atoms with E-state index in [0.717, 1.165) is 19.4 Å². The van der Waals surface area contributed by atoms with Gasteiger partial charge in [0.2, 0.25) is 0 Å². The van der Waals surface area contributed by atoms with E-state index < -0.39 is 0 Å². The average molecular weight is 228 g/mol. The zero-order valence-corrected chi connectivity index (χ0v) is 9.93. The number of hydrogen-bond acceptors (Lipinski definition) is 3. The summed E-state index contributed by atoms with van der Waals surface area (Å²) in [5.41, 5.74) is 3.83. The summed E-state index contributed by atoms with van der Waals surface area (Å²) in [7, 11) is 0. The second kappa shape index (κ2) is 4.20. The molecule has 4 heteroatoms. The standard InChI is InChI=1S/C13H16N4/c1-2-17-13(9-14-16-17)12-8-7-10-5-3-4-6-11(10)15-12/h3-6,9,12,15H,2,7-8H2,1H3. The molecule has 88 valence electrons. The van der Waals surface area contributed by atoms with Crippen LogP contribution in [0.4, 0.5) is 5.69 Å². The molecule has 4 nitrogen and oxygen atoms in total. The van der Waals surface area contributed by atoms with Crippen LogP contribution in [0.25, 0.3) is 0 Å². The van der Waals surface area contributed by atoms with E-state index in [4.69, 9.17) is 0 Å². The number of benzene rings is 1. The van der Waals surface area contributed by atoms with Gasteiger partial charge in [-0.25, -0.2) is 4.68 Å². The van der Waals surface area contributed by atoms with Gasteiger partial charge in [-0.2, -0.15) is 0 Å². The fraction of sp³-hybridized carbons (Fsp3) is 0.385. The van der Waals surface area contributed by atoms with Crippen LogP contribution < -0.4 is 5.32 Å². The van der Waals surface area contributed by atoms with E-state index in [0.29, 0.717) is 6.04 Å². The van der Waals surface area contributed by atoms with Crippen molar-refractivity contribution in [2.24, 2.45) is 0 Å². The highest BCUT2D eigenvalue weighted by Crippen LogP contribution is 2.31. The maximum Gasteiger partial charge on any atom is 0.0809 e. The molecular weight excluding hydrogens is 212 g/mol. The van der Waals surface area contributed by atoms with E-state index in [1.165, 1.54) is 16.9 Å². The maximum atomic E-state index is 4.09. The highest BCUT2D eigenvalue weighted by atomic mass is 15.4. The first-order chi connectivity index (χ1) is 8.38. The molecule has 1 N–H and O–H groups in total. The molecule has 2 heterocycles. The van der Waals surface area contributed by atoms with Crippen molar-refractivity contribution in [1.29, 1.82) is 0 Å². The molecule has 3 rings (SSSR count). The van der Waals surface area contributed by atoms with Crippen molar-refractivity contribution < 1.29 is 0 Å². The number of hydrogen-bond donors (Lipinski definition) is 1. The molecule has 17 heavy (non-hydrogen) atoms. The van der Waals surface area contributed by atoms with E-state index >= 15 is 0 Å². The molecule has 0 fully saturated rings. The Balaban J connectivity index is 1.89. The first-order valence-corrected chi connectivity index (χ1v) is 6.11. The highest BCUT2D eigenvalue weighted by molar-refractivity contribution is 5.54. The minimum absolute atomic E-state index is 0.333. The molecule has 0 amide bonds. The molecule has 0 spiro atoms. The number of aromatic nitrogens is 3. The van der Waals surface area contributed by atoms with Crippen LogP contribution in [0.2, 0.25) is 0 Å². The van der Waals surface area contributed by atoms with Gasteiger partial charge in [-0.15, -0.1) is 5.10 Å². The molecule has 0 aliphatic carbocycles. The van der Waals surface area contributed by atoms with E-state index in [9.17, 15) is 0 Å². The average Bonchev–Trinajstić information content (AvgIpc) is 2.86. The molecular formula is C13H16N4. The van der Waals surface area contributed by atoms with Gasteiger partial charge < -0.3 is 5.32 Å². The Morgan fingerprint density at radius 1 is 1.41 bits per heavy atom. The Labute approximate surface area is 101 Å². The summed E-state index contributed by atoms with van der Waals surface area (Å²) in [6, 6.07) is 8.83. The van der Waals surface area contributed by atoms with Crippen molar-refractivity contribution in [2.45, 2.75) is 32.4 Å². The van der Waals surface area contributed by atoms with Crippen molar-refractivity contribution in [2.75, 3.05) is 5.32 Å². The molecule has 1 unspecified atom stereocenters. The number of nitrogens with one attached hydrogen (secondary N) is 1. The number of anilines is 1. The quantitative estimate of drug-likeness (QED) is 0.858. The van der Waals surface area contributed by atoms with Gasteiger partial charge in [0.15, 0.2) is 0 Å². The molecule has 0 bridgehead atoms. The van der Waals surface area contributed by atoms with Crippen LogP contribution >= 0.6 is 0 Å². The summed E-state index contributed by atoms with van der Waals surface area (Å²) >= 11 is 0. The molecule has 2 aromatic rings. The molecule has 1 aromatic carbocycles. The van der Waals surface area contributed by atoms with Crippen LogP contribution in [0.1, 0.15) is 30.6 Å². The first-order valence-electron chi connectivity index (χ1n) is 6.11. The SMILES string of the molecule is CCn1nncc1C1CCc2ccccc2N1. The number of aryl methyl sites for hydroxylation is 2. The molecule has 1 aliphatic rings. The van der Waals surface area contributed by atoms with Crippen molar-refractivity contribution in [3.8, 4) is 0 Å². The Morgan fingerprint density at radius 2 is 2.29 bits per heavy atom. The minimum atomic E-state index is 0.333. The van der Waals surface area contributed by atoms with Gasteiger partial charge in [-0.1, -0.05) is 23.4 Å². The van der Waals surface area contributed by atoms with E-state index in [-0.39, 0.29) is 0 Å². The van der Waals surface area contributed by atoms with E-state index in [1.807, 2.05) is 10.9 Å². The lowest BCUT2D eigenvalue weighted by molar-refractivity contribution is 0.548.